The van der Waals surface area contributed by atoms with Crippen molar-refractivity contribution >= 4 is 32.9 Å². The monoisotopic (exact) mass is 300 g/mol. The first-order chi connectivity index (χ1) is 8.54. The Morgan fingerprint density at radius 2 is 1.74 bits per heavy atom. The molecule has 1 rings (SSSR count). The molecule has 1 aromatic rings. The summed E-state index contributed by atoms with van der Waals surface area (Å²) in [5, 5.41) is -0.898. The van der Waals surface area contributed by atoms with Crippen LogP contribution < -0.4 is 10.5 Å². The standard InChI is InChI=1S/C13H20N2O2S2/c1-9(12(14)18)19(16,17)15-11-7-5-10(6-8-11)13(2,3)4/h5-9,15H,1-4H3,(H2,14,18). The summed E-state index contributed by atoms with van der Waals surface area (Å²) in [6, 6.07) is 7.29. The minimum absolute atomic E-state index is 0.0313. The van der Waals surface area contributed by atoms with Crippen molar-refractivity contribution in [3.63, 3.8) is 0 Å². The maximum atomic E-state index is 11.9. The number of rotatable bonds is 4. The zero-order valence-corrected chi connectivity index (χ0v) is 13.2. The van der Waals surface area contributed by atoms with E-state index in [1.54, 1.807) is 12.1 Å². The minimum Gasteiger partial charge on any atom is -0.392 e. The van der Waals surface area contributed by atoms with Gasteiger partial charge in [-0.25, -0.2) is 8.42 Å². The molecule has 4 nitrogen and oxygen atoms in total. The Kier molecular flexibility index (Phi) is 4.58. The van der Waals surface area contributed by atoms with Crippen LogP contribution in [0.3, 0.4) is 0 Å². The zero-order chi connectivity index (χ0) is 14.8. The second-order valence-corrected chi connectivity index (χ2v) is 7.99. The fourth-order valence-corrected chi connectivity index (χ4v) is 2.77. The zero-order valence-electron chi connectivity index (χ0n) is 11.6. The lowest BCUT2D eigenvalue weighted by molar-refractivity contribution is 0.590. The van der Waals surface area contributed by atoms with Gasteiger partial charge in [-0.3, -0.25) is 4.72 Å². The van der Waals surface area contributed by atoms with Crippen molar-refractivity contribution in [3.8, 4) is 0 Å². The van der Waals surface area contributed by atoms with Crippen LogP contribution in [0, 0.1) is 0 Å². The Balaban J connectivity index is 2.93. The van der Waals surface area contributed by atoms with Gasteiger partial charge in [0.25, 0.3) is 0 Å². The predicted molar refractivity (Wildman–Crippen MR) is 83.9 cm³/mol. The van der Waals surface area contributed by atoms with E-state index in [0.29, 0.717) is 5.69 Å². The van der Waals surface area contributed by atoms with E-state index in [4.69, 9.17) is 18.0 Å². The second kappa shape index (κ2) is 5.46. The van der Waals surface area contributed by atoms with Crippen LogP contribution in [-0.4, -0.2) is 18.7 Å². The summed E-state index contributed by atoms with van der Waals surface area (Å²) >= 11 is 4.71. The number of anilines is 1. The molecule has 0 heterocycles. The number of hydrogen-bond acceptors (Lipinski definition) is 3. The van der Waals surface area contributed by atoms with Gasteiger partial charge in [0.05, 0.1) is 4.99 Å². The van der Waals surface area contributed by atoms with Crippen LogP contribution in [0.2, 0.25) is 0 Å². The smallest absolute Gasteiger partial charge is 0.241 e. The van der Waals surface area contributed by atoms with Gasteiger partial charge in [0.2, 0.25) is 10.0 Å². The molecular weight excluding hydrogens is 280 g/mol. The van der Waals surface area contributed by atoms with E-state index in [0.717, 1.165) is 5.56 Å². The Labute approximate surface area is 120 Å². The highest BCUT2D eigenvalue weighted by Crippen LogP contribution is 2.24. The molecule has 0 bridgehead atoms. The topological polar surface area (TPSA) is 72.2 Å². The predicted octanol–water partition coefficient (Wildman–Crippen LogP) is 2.40. The summed E-state index contributed by atoms with van der Waals surface area (Å²) < 4.78 is 26.4. The van der Waals surface area contributed by atoms with Gasteiger partial charge in [0, 0.05) is 5.69 Å². The van der Waals surface area contributed by atoms with Gasteiger partial charge in [0.15, 0.2) is 0 Å². The van der Waals surface area contributed by atoms with Gasteiger partial charge in [-0.05, 0) is 30.0 Å². The molecule has 0 radical (unpaired) electrons. The number of benzene rings is 1. The van der Waals surface area contributed by atoms with Gasteiger partial charge >= 0.3 is 0 Å². The van der Waals surface area contributed by atoms with Gasteiger partial charge < -0.3 is 5.73 Å². The van der Waals surface area contributed by atoms with Crippen molar-refractivity contribution in [1.82, 2.24) is 0 Å². The number of nitrogens with two attached hydrogens (primary N) is 1. The molecule has 3 N–H and O–H groups in total. The largest absolute Gasteiger partial charge is 0.392 e. The molecule has 0 aromatic heterocycles. The number of nitrogens with one attached hydrogen (secondary N) is 1. The normalized spacial score (nSPS) is 13.9. The van der Waals surface area contributed by atoms with Gasteiger partial charge in [-0.15, -0.1) is 0 Å². The van der Waals surface area contributed by atoms with Crippen LogP contribution in [0.25, 0.3) is 0 Å². The highest BCUT2D eigenvalue weighted by molar-refractivity contribution is 7.95. The van der Waals surface area contributed by atoms with Crippen LogP contribution in [-0.2, 0) is 15.4 Å². The van der Waals surface area contributed by atoms with Crippen molar-refractivity contribution in [1.29, 1.82) is 0 Å². The molecule has 1 atom stereocenters. The third-order valence-corrected chi connectivity index (χ3v) is 5.08. The molecular formula is C13H20N2O2S2. The first-order valence-corrected chi connectivity index (χ1v) is 7.91. The van der Waals surface area contributed by atoms with E-state index in [2.05, 4.69) is 25.5 Å². The van der Waals surface area contributed by atoms with Crippen LogP contribution >= 0.6 is 12.2 Å². The third kappa shape index (κ3) is 4.18. The molecule has 6 heteroatoms. The molecule has 0 fully saturated rings. The third-order valence-electron chi connectivity index (χ3n) is 2.88. The molecule has 0 saturated carbocycles. The molecule has 1 unspecified atom stereocenters. The van der Waals surface area contributed by atoms with Crippen molar-refractivity contribution in [3.05, 3.63) is 29.8 Å². The Bertz CT molecular complexity index is 557. The summed E-state index contributed by atoms with van der Waals surface area (Å²) in [7, 11) is -3.58. The molecule has 0 aliphatic carbocycles. The summed E-state index contributed by atoms with van der Waals surface area (Å²) in [6.45, 7) is 7.76. The highest BCUT2D eigenvalue weighted by atomic mass is 32.2. The lowest BCUT2D eigenvalue weighted by Gasteiger charge is -2.19. The summed E-state index contributed by atoms with van der Waals surface area (Å²) in [6.07, 6.45) is 0. The van der Waals surface area contributed by atoms with Gasteiger partial charge in [0.1, 0.15) is 5.25 Å². The lowest BCUT2D eigenvalue weighted by Crippen LogP contribution is -2.35. The lowest BCUT2D eigenvalue weighted by atomic mass is 9.87. The van der Waals surface area contributed by atoms with Crippen LogP contribution in [0.5, 0.6) is 0 Å². The Hall–Kier alpha value is -1.14. The van der Waals surface area contributed by atoms with Crippen molar-refractivity contribution in [2.45, 2.75) is 38.4 Å². The van der Waals surface area contributed by atoms with E-state index >= 15 is 0 Å². The summed E-state index contributed by atoms with van der Waals surface area (Å²) in [5.74, 6) is 0. The highest BCUT2D eigenvalue weighted by Gasteiger charge is 2.23. The van der Waals surface area contributed by atoms with E-state index in [1.807, 2.05) is 12.1 Å². The summed E-state index contributed by atoms with van der Waals surface area (Å²) in [5.41, 5.74) is 7.05. The average molecular weight is 300 g/mol. The summed E-state index contributed by atoms with van der Waals surface area (Å²) in [4.78, 5) is -0.0428. The average Bonchev–Trinajstić information content (AvgIpc) is 2.26. The SMILES string of the molecule is CC(C(N)=S)S(=O)(=O)Nc1ccc(C(C)(C)C)cc1. The maximum Gasteiger partial charge on any atom is 0.241 e. The van der Waals surface area contributed by atoms with Gasteiger partial charge in [-0.1, -0.05) is 45.1 Å². The molecule has 0 saturated heterocycles. The number of hydrogen-bond donors (Lipinski definition) is 2. The Morgan fingerprint density at radius 1 is 1.26 bits per heavy atom. The molecule has 1 aromatic carbocycles. The molecule has 0 aliphatic rings. The van der Waals surface area contributed by atoms with Crippen LogP contribution in [0.15, 0.2) is 24.3 Å². The quantitative estimate of drug-likeness (QED) is 0.838. The van der Waals surface area contributed by atoms with E-state index in [1.165, 1.54) is 6.92 Å². The molecule has 0 spiro atoms. The van der Waals surface area contributed by atoms with E-state index in [9.17, 15) is 8.42 Å². The molecule has 0 aliphatic heterocycles. The van der Waals surface area contributed by atoms with Crippen LogP contribution in [0.4, 0.5) is 5.69 Å². The Morgan fingerprint density at radius 3 is 2.11 bits per heavy atom. The fourth-order valence-electron chi connectivity index (χ4n) is 1.44. The van der Waals surface area contributed by atoms with Crippen molar-refractivity contribution < 1.29 is 8.42 Å². The van der Waals surface area contributed by atoms with Crippen molar-refractivity contribution in [2.75, 3.05) is 4.72 Å². The number of thiocarbonyl (C=S) groups is 1. The second-order valence-electron chi connectivity index (χ2n) is 5.52. The van der Waals surface area contributed by atoms with E-state index < -0.39 is 15.3 Å². The first kappa shape index (κ1) is 15.9. The van der Waals surface area contributed by atoms with Crippen LogP contribution in [0.1, 0.15) is 33.3 Å². The van der Waals surface area contributed by atoms with E-state index in [-0.39, 0.29) is 10.4 Å². The minimum atomic E-state index is -3.58. The first-order valence-electron chi connectivity index (χ1n) is 5.95. The molecule has 106 valence electrons. The molecule has 19 heavy (non-hydrogen) atoms. The van der Waals surface area contributed by atoms with Crippen molar-refractivity contribution in [2.24, 2.45) is 5.73 Å². The molecule has 0 amide bonds. The van der Waals surface area contributed by atoms with Gasteiger partial charge in [-0.2, -0.15) is 0 Å². The maximum absolute atomic E-state index is 11.9. The number of sulfonamides is 1. The fraction of sp³-hybridized carbons (Fsp3) is 0.462.